The molecule has 1 aliphatic rings. The van der Waals surface area contributed by atoms with E-state index in [2.05, 4.69) is 10.6 Å². The lowest BCUT2D eigenvalue weighted by Crippen LogP contribution is -2.41. The number of rotatable bonds is 5. The van der Waals surface area contributed by atoms with Gasteiger partial charge in [0.2, 0.25) is 0 Å². The molecule has 0 saturated carbocycles. The van der Waals surface area contributed by atoms with E-state index in [1.807, 2.05) is 49.4 Å². The zero-order chi connectivity index (χ0) is 18.5. The summed E-state index contributed by atoms with van der Waals surface area (Å²) in [5, 5.41) is 5.56. The zero-order valence-corrected chi connectivity index (χ0v) is 14.3. The maximum Gasteiger partial charge on any atom is 0.417 e. The molecular weight excluding hydrogens is 334 g/mol. The first-order chi connectivity index (χ1) is 12.5. The van der Waals surface area contributed by atoms with Crippen LogP contribution in [0, 0.1) is 6.92 Å². The molecule has 1 fully saturated rings. The normalized spacial score (nSPS) is 14.7. The first-order valence-corrected chi connectivity index (χ1v) is 8.19. The van der Waals surface area contributed by atoms with Gasteiger partial charge in [0, 0.05) is 5.69 Å². The van der Waals surface area contributed by atoms with E-state index in [-0.39, 0.29) is 13.2 Å². The Morgan fingerprint density at radius 2 is 1.81 bits per heavy atom. The van der Waals surface area contributed by atoms with Gasteiger partial charge in [0.1, 0.15) is 0 Å². The highest BCUT2D eigenvalue weighted by Crippen LogP contribution is 2.18. The first-order valence-electron chi connectivity index (χ1n) is 8.19. The summed E-state index contributed by atoms with van der Waals surface area (Å²) in [6.45, 7) is 1.69. The summed E-state index contributed by atoms with van der Waals surface area (Å²) >= 11 is 0. The van der Waals surface area contributed by atoms with Crippen LogP contribution in [0.3, 0.4) is 0 Å². The van der Waals surface area contributed by atoms with Crippen LogP contribution < -0.4 is 10.6 Å². The largest absolute Gasteiger partial charge is 0.439 e. The fraction of sp³-hybridized carbons (Fsp3) is 0.211. The highest BCUT2D eigenvalue weighted by atomic mass is 16.6. The summed E-state index contributed by atoms with van der Waals surface area (Å²) < 4.78 is 4.74. The predicted octanol–water partition coefficient (Wildman–Crippen LogP) is 2.84. The van der Waals surface area contributed by atoms with Crippen molar-refractivity contribution in [3.8, 4) is 0 Å². The van der Waals surface area contributed by atoms with Crippen molar-refractivity contribution in [2.75, 3.05) is 18.5 Å². The van der Waals surface area contributed by atoms with E-state index in [0.29, 0.717) is 5.69 Å². The van der Waals surface area contributed by atoms with Crippen LogP contribution in [0.25, 0.3) is 0 Å². The molecule has 1 aliphatic heterocycles. The van der Waals surface area contributed by atoms with E-state index < -0.39 is 24.1 Å². The van der Waals surface area contributed by atoms with E-state index in [0.717, 1.165) is 16.0 Å². The molecule has 4 amide bonds. The Labute approximate surface area is 150 Å². The number of urea groups is 1. The number of ether oxygens (including phenoxy) is 1. The molecule has 0 radical (unpaired) electrons. The molecule has 1 saturated heterocycles. The molecule has 26 heavy (non-hydrogen) atoms. The molecule has 1 atom stereocenters. The molecule has 0 aliphatic carbocycles. The summed E-state index contributed by atoms with van der Waals surface area (Å²) in [6, 6.07) is 15.5. The molecule has 2 N–H and O–H groups in total. The average molecular weight is 353 g/mol. The van der Waals surface area contributed by atoms with Gasteiger partial charge in [0.05, 0.1) is 12.6 Å². The SMILES string of the molecule is Cc1ccc(NC(=O)NC(CN2C(=O)COC2=O)c2ccccc2)cc1. The minimum absolute atomic E-state index is 0.00297. The molecular formula is C19H19N3O4. The molecule has 2 aromatic rings. The van der Waals surface area contributed by atoms with Crippen LogP contribution in [0.5, 0.6) is 0 Å². The van der Waals surface area contributed by atoms with E-state index in [9.17, 15) is 14.4 Å². The van der Waals surface area contributed by atoms with E-state index in [4.69, 9.17) is 4.74 Å². The lowest BCUT2D eigenvalue weighted by atomic mass is 10.1. The lowest BCUT2D eigenvalue weighted by Gasteiger charge is -2.23. The van der Waals surface area contributed by atoms with Crippen molar-refractivity contribution >= 4 is 23.7 Å². The summed E-state index contributed by atoms with van der Waals surface area (Å²) in [5.74, 6) is -0.420. The molecule has 7 heteroatoms. The number of anilines is 1. The number of carbonyl (C=O) groups is 3. The number of aryl methyl sites for hydroxylation is 1. The second-order valence-electron chi connectivity index (χ2n) is 5.99. The third-order valence-electron chi connectivity index (χ3n) is 4.02. The van der Waals surface area contributed by atoms with Crippen LogP contribution in [0.1, 0.15) is 17.2 Å². The third-order valence-corrected chi connectivity index (χ3v) is 4.02. The van der Waals surface area contributed by atoms with Gasteiger partial charge in [-0.25, -0.2) is 14.5 Å². The number of cyclic esters (lactones) is 1. The Morgan fingerprint density at radius 1 is 1.12 bits per heavy atom. The topological polar surface area (TPSA) is 87.7 Å². The predicted molar refractivity (Wildman–Crippen MR) is 95.6 cm³/mol. The number of carbonyl (C=O) groups excluding carboxylic acids is 3. The summed E-state index contributed by atoms with van der Waals surface area (Å²) in [7, 11) is 0. The highest BCUT2D eigenvalue weighted by molar-refractivity contribution is 5.98. The summed E-state index contributed by atoms with van der Waals surface area (Å²) in [6.07, 6.45) is -0.698. The summed E-state index contributed by atoms with van der Waals surface area (Å²) in [4.78, 5) is 36.9. The highest BCUT2D eigenvalue weighted by Gasteiger charge is 2.33. The van der Waals surface area contributed by atoms with Crippen molar-refractivity contribution < 1.29 is 19.1 Å². The Morgan fingerprint density at radius 3 is 2.42 bits per heavy atom. The standard InChI is InChI=1S/C19H19N3O4/c1-13-7-9-15(10-8-13)20-18(24)21-16(14-5-3-2-4-6-14)11-22-17(23)12-26-19(22)25/h2-10,16H,11-12H2,1H3,(H2,20,21,24). The van der Waals surface area contributed by atoms with Gasteiger partial charge in [-0.2, -0.15) is 0 Å². The number of nitrogens with zero attached hydrogens (tertiary/aromatic N) is 1. The number of amides is 4. The zero-order valence-electron chi connectivity index (χ0n) is 14.3. The average Bonchev–Trinajstić information content (AvgIpc) is 2.96. The second-order valence-corrected chi connectivity index (χ2v) is 5.99. The Kier molecular flexibility index (Phi) is 5.17. The van der Waals surface area contributed by atoms with Crippen molar-refractivity contribution in [3.63, 3.8) is 0 Å². The van der Waals surface area contributed by atoms with Gasteiger partial charge in [-0.05, 0) is 24.6 Å². The van der Waals surface area contributed by atoms with Gasteiger partial charge in [-0.1, -0.05) is 48.0 Å². The van der Waals surface area contributed by atoms with Gasteiger partial charge in [0.25, 0.3) is 5.91 Å². The van der Waals surface area contributed by atoms with Crippen molar-refractivity contribution in [1.29, 1.82) is 0 Å². The van der Waals surface area contributed by atoms with Gasteiger partial charge in [-0.15, -0.1) is 0 Å². The molecule has 1 heterocycles. The molecule has 3 rings (SSSR count). The Bertz CT molecular complexity index is 789. The maximum atomic E-state index is 12.4. The smallest absolute Gasteiger partial charge is 0.417 e. The molecule has 0 bridgehead atoms. The summed E-state index contributed by atoms with van der Waals surface area (Å²) in [5.41, 5.74) is 2.51. The minimum Gasteiger partial charge on any atom is -0.439 e. The fourth-order valence-corrected chi connectivity index (χ4v) is 2.62. The van der Waals surface area contributed by atoms with Gasteiger partial charge >= 0.3 is 12.1 Å². The van der Waals surface area contributed by atoms with Crippen molar-refractivity contribution in [3.05, 3.63) is 65.7 Å². The molecule has 0 spiro atoms. The lowest BCUT2D eigenvalue weighted by molar-refractivity contribution is -0.126. The number of hydrogen-bond donors (Lipinski definition) is 2. The van der Waals surface area contributed by atoms with Gasteiger partial charge in [0.15, 0.2) is 6.61 Å². The molecule has 2 aromatic carbocycles. The third kappa shape index (κ3) is 4.18. The monoisotopic (exact) mass is 353 g/mol. The second kappa shape index (κ2) is 7.69. The minimum atomic E-state index is -0.698. The molecule has 7 nitrogen and oxygen atoms in total. The van der Waals surface area contributed by atoms with E-state index in [1.54, 1.807) is 12.1 Å². The number of hydrogen-bond acceptors (Lipinski definition) is 4. The molecule has 1 unspecified atom stereocenters. The van der Waals surface area contributed by atoms with Crippen molar-refractivity contribution in [2.24, 2.45) is 0 Å². The van der Waals surface area contributed by atoms with E-state index >= 15 is 0 Å². The van der Waals surface area contributed by atoms with Gasteiger partial charge in [-0.3, -0.25) is 4.79 Å². The molecule has 134 valence electrons. The van der Waals surface area contributed by atoms with Crippen LogP contribution >= 0.6 is 0 Å². The fourth-order valence-electron chi connectivity index (χ4n) is 2.62. The number of nitrogens with one attached hydrogen (secondary N) is 2. The van der Waals surface area contributed by atoms with Crippen LogP contribution in [0.2, 0.25) is 0 Å². The van der Waals surface area contributed by atoms with Gasteiger partial charge < -0.3 is 15.4 Å². The van der Waals surface area contributed by atoms with Crippen LogP contribution in [-0.2, 0) is 9.53 Å². The first kappa shape index (κ1) is 17.5. The molecule has 0 aromatic heterocycles. The van der Waals surface area contributed by atoms with Crippen LogP contribution in [-0.4, -0.2) is 36.1 Å². The van der Waals surface area contributed by atoms with Crippen LogP contribution in [0.4, 0.5) is 15.3 Å². The van der Waals surface area contributed by atoms with Crippen molar-refractivity contribution in [2.45, 2.75) is 13.0 Å². The number of benzene rings is 2. The Hall–Kier alpha value is -3.35. The van der Waals surface area contributed by atoms with Crippen LogP contribution in [0.15, 0.2) is 54.6 Å². The maximum absolute atomic E-state index is 12.4. The Balaban J connectivity index is 1.73. The number of imide groups is 1. The quantitative estimate of drug-likeness (QED) is 0.865. The van der Waals surface area contributed by atoms with Crippen molar-refractivity contribution in [1.82, 2.24) is 10.2 Å². The van der Waals surface area contributed by atoms with E-state index in [1.165, 1.54) is 0 Å².